The van der Waals surface area contributed by atoms with Crippen molar-refractivity contribution in [3.63, 3.8) is 0 Å². The summed E-state index contributed by atoms with van der Waals surface area (Å²) in [7, 11) is 0. The van der Waals surface area contributed by atoms with Crippen LogP contribution in [0.2, 0.25) is 0 Å². The van der Waals surface area contributed by atoms with Crippen molar-refractivity contribution in [2.75, 3.05) is 18.6 Å². The molecule has 3 nitrogen and oxygen atoms in total. The Labute approximate surface area is 111 Å². The minimum Gasteiger partial charge on any atom is -0.361 e. The molecule has 0 atom stereocenters. The number of aromatic nitrogens is 1. The van der Waals surface area contributed by atoms with E-state index in [9.17, 15) is 4.79 Å². The van der Waals surface area contributed by atoms with Gasteiger partial charge in [-0.2, -0.15) is 11.8 Å². The average molecular weight is 262 g/mol. The zero-order chi connectivity index (χ0) is 12.8. The Morgan fingerprint density at radius 3 is 3.06 bits per heavy atom. The number of carbonyl (C=O) groups is 1. The van der Waals surface area contributed by atoms with Crippen molar-refractivity contribution >= 4 is 28.6 Å². The third kappa shape index (κ3) is 3.07. The number of hydrogen-bond donors (Lipinski definition) is 2. The number of hydrogen-bond acceptors (Lipinski definition) is 2. The van der Waals surface area contributed by atoms with Crippen molar-refractivity contribution in [1.82, 2.24) is 10.3 Å². The van der Waals surface area contributed by atoms with E-state index in [1.54, 1.807) is 0 Å². The van der Waals surface area contributed by atoms with E-state index in [0.717, 1.165) is 41.6 Å². The van der Waals surface area contributed by atoms with Crippen molar-refractivity contribution in [2.45, 2.75) is 12.8 Å². The molecule has 18 heavy (non-hydrogen) atoms. The molecule has 0 bridgehead atoms. The number of H-pyrrole nitrogens is 1. The van der Waals surface area contributed by atoms with Gasteiger partial charge in [0, 0.05) is 29.2 Å². The Hall–Kier alpha value is -1.42. The van der Waals surface area contributed by atoms with Crippen LogP contribution in [0.3, 0.4) is 0 Å². The predicted octanol–water partition coefficient (Wildman–Crippen LogP) is 3.04. The summed E-state index contributed by atoms with van der Waals surface area (Å²) in [6.07, 6.45) is 6.15. The number of unbranched alkanes of at least 4 members (excludes halogenated alkanes) is 1. The van der Waals surface area contributed by atoms with Gasteiger partial charge in [0.25, 0.3) is 5.91 Å². The molecule has 96 valence electrons. The Balaban J connectivity index is 1.94. The van der Waals surface area contributed by atoms with E-state index < -0.39 is 0 Å². The molecule has 0 fully saturated rings. The predicted molar refractivity (Wildman–Crippen MR) is 78.2 cm³/mol. The summed E-state index contributed by atoms with van der Waals surface area (Å²) in [4.78, 5) is 15.2. The molecule has 0 radical (unpaired) electrons. The van der Waals surface area contributed by atoms with Crippen LogP contribution < -0.4 is 5.32 Å². The quantitative estimate of drug-likeness (QED) is 0.786. The lowest BCUT2D eigenvalue weighted by molar-refractivity contribution is 0.0955. The second-order valence-electron chi connectivity index (χ2n) is 4.20. The number of benzene rings is 1. The fourth-order valence-corrected chi connectivity index (χ4v) is 2.44. The topological polar surface area (TPSA) is 44.9 Å². The Morgan fingerprint density at radius 2 is 2.22 bits per heavy atom. The monoisotopic (exact) mass is 262 g/mol. The Morgan fingerprint density at radius 1 is 1.33 bits per heavy atom. The maximum atomic E-state index is 12.1. The summed E-state index contributed by atoms with van der Waals surface area (Å²) in [5, 5.41) is 3.96. The maximum absolute atomic E-state index is 12.1. The number of carbonyl (C=O) groups excluding carboxylic acids is 1. The van der Waals surface area contributed by atoms with Gasteiger partial charge in [0.05, 0.1) is 0 Å². The zero-order valence-electron chi connectivity index (χ0n) is 10.5. The van der Waals surface area contributed by atoms with Gasteiger partial charge in [-0.05, 0) is 43.0 Å². The minimum atomic E-state index is 0.0179. The van der Waals surface area contributed by atoms with Gasteiger partial charge in [0.2, 0.25) is 0 Å². The van der Waals surface area contributed by atoms with Crippen LogP contribution in [-0.4, -0.2) is 29.4 Å². The van der Waals surface area contributed by atoms with Gasteiger partial charge in [-0.1, -0.05) is 6.07 Å². The first-order chi connectivity index (χ1) is 8.83. The zero-order valence-corrected chi connectivity index (χ0v) is 11.3. The number of rotatable bonds is 6. The first-order valence-electron chi connectivity index (χ1n) is 6.16. The number of thioether (sulfide) groups is 1. The molecule has 0 aliphatic carbocycles. The third-order valence-electron chi connectivity index (χ3n) is 2.90. The largest absolute Gasteiger partial charge is 0.361 e. The smallest absolute Gasteiger partial charge is 0.251 e. The van der Waals surface area contributed by atoms with Crippen LogP contribution in [0.4, 0.5) is 0 Å². The molecule has 2 rings (SSSR count). The van der Waals surface area contributed by atoms with E-state index in [1.807, 2.05) is 42.2 Å². The number of amides is 1. The highest BCUT2D eigenvalue weighted by molar-refractivity contribution is 7.98. The number of fused-ring (bicyclic) bond motifs is 1. The minimum absolute atomic E-state index is 0.0179. The van der Waals surface area contributed by atoms with Crippen LogP contribution in [0, 0.1) is 0 Å². The van der Waals surface area contributed by atoms with Gasteiger partial charge < -0.3 is 10.3 Å². The molecule has 0 aliphatic rings. The van der Waals surface area contributed by atoms with Crippen molar-refractivity contribution in [1.29, 1.82) is 0 Å². The highest BCUT2D eigenvalue weighted by atomic mass is 32.2. The van der Waals surface area contributed by atoms with Gasteiger partial charge >= 0.3 is 0 Å². The molecule has 1 aromatic carbocycles. The molecule has 1 heterocycles. The van der Waals surface area contributed by atoms with Gasteiger partial charge in [0.15, 0.2) is 0 Å². The lowest BCUT2D eigenvalue weighted by atomic mass is 10.1. The summed E-state index contributed by atoms with van der Waals surface area (Å²) >= 11 is 1.84. The molecule has 0 spiro atoms. The molecule has 2 N–H and O–H groups in total. The second kappa shape index (κ2) is 6.50. The van der Waals surface area contributed by atoms with Crippen LogP contribution >= 0.6 is 11.8 Å². The number of aromatic amines is 1. The molecular formula is C14H18N2OS. The first kappa shape index (κ1) is 13.0. The van der Waals surface area contributed by atoms with Crippen molar-refractivity contribution in [2.24, 2.45) is 0 Å². The molecule has 1 aromatic heterocycles. The van der Waals surface area contributed by atoms with E-state index in [0.29, 0.717) is 0 Å². The fourth-order valence-electron chi connectivity index (χ4n) is 1.95. The van der Waals surface area contributed by atoms with Crippen molar-refractivity contribution < 1.29 is 4.79 Å². The lowest BCUT2D eigenvalue weighted by Crippen LogP contribution is -2.24. The van der Waals surface area contributed by atoms with E-state index >= 15 is 0 Å². The van der Waals surface area contributed by atoms with Crippen molar-refractivity contribution in [3.05, 3.63) is 36.0 Å². The molecule has 2 aromatic rings. The maximum Gasteiger partial charge on any atom is 0.251 e. The Bertz CT molecular complexity index is 521. The molecular weight excluding hydrogens is 244 g/mol. The summed E-state index contributed by atoms with van der Waals surface area (Å²) in [6.45, 7) is 0.750. The van der Waals surface area contributed by atoms with E-state index in [-0.39, 0.29) is 5.91 Å². The van der Waals surface area contributed by atoms with Crippen LogP contribution in [0.1, 0.15) is 23.2 Å². The lowest BCUT2D eigenvalue weighted by Gasteiger charge is -2.06. The standard InChI is InChI=1S/C14H18N2OS/c1-18-10-3-2-8-16-14(17)12-5-4-6-13-11(12)7-9-15-13/h4-7,9,15H,2-3,8,10H2,1H3,(H,16,17). The fraction of sp³-hybridized carbons (Fsp3) is 0.357. The van der Waals surface area contributed by atoms with Gasteiger partial charge in [-0.15, -0.1) is 0 Å². The Kier molecular flexibility index (Phi) is 4.70. The summed E-state index contributed by atoms with van der Waals surface area (Å²) in [5.41, 5.74) is 1.75. The first-order valence-corrected chi connectivity index (χ1v) is 7.55. The van der Waals surface area contributed by atoms with Gasteiger partial charge in [0.1, 0.15) is 0 Å². The molecule has 1 amide bonds. The van der Waals surface area contributed by atoms with E-state index in [4.69, 9.17) is 0 Å². The van der Waals surface area contributed by atoms with Crippen LogP contribution in [0.5, 0.6) is 0 Å². The third-order valence-corrected chi connectivity index (χ3v) is 3.60. The molecule has 4 heteroatoms. The van der Waals surface area contributed by atoms with E-state index in [1.165, 1.54) is 0 Å². The highest BCUT2D eigenvalue weighted by Gasteiger charge is 2.09. The molecule has 0 unspecified atom stereocenters. The van der Waals surface area contributed by atoms with E-state index in [2.05, 4.69) is 16.6 Å². The summed E-state index contributed by atoms with van der Waals surface area (Å²) < 4.78 is 0. The summed E-state index contributed by atoms with van der Waals surface area (Å²) in [5.74, 6) is 1.17. The molecule has 0 saturated heterocycles. The second-order valence-corrected chi connectivity index (χ2v) is 5.19. The van der Waals surface area contributed by atoms with Crippen LogP contribution in [-0.2, 0) is 0 Å². The molecule has 0 saturated carbocycles. The normalized spacial score (nSPS) is 10.7. The highest BCUT2D eigenvalue weighted by Crippen LogP contribution is 2.17. The average Bonchev–Trinajstić information content (AvgIpc) is 2.86. The molecule has 0 aliphatic heterocycles. The van der Waals surface area contributed by atoms with Crippen LogP contribution in [0.25, 0.3) is 10.9 Å². The van der Waals surface area contributed by atoms with Gasteiger partial charge in [-0.25, -0.2) is 0 Å². The van der Waals surface area contributed by atoms with Crippen molar-refractivity contribution in [3.8, 4) is 0 Å². The summed E-state index contributed by atoms with van der Waals surface area (Å²) in [6, 6.07) is 7.69. The van der Waals surface area contributed by atoms with Crippen LogP contribution in [0.15, 0.2) is 30.5 Å². The van der Waals surface area contributed by atoms with Gasteiger partial charge in [-0.3, -0.25) is 4.79 Å². The number of nitrogens with one attached hydrogen (secondary N) is 2. The SMILES string of the molecule is CSCCCCNC(=O)c1cccc2[nH]ccc12.